The van der Waals surface area contributed by atoms with Crippen LogP contribution in [-0.4, -0.2) is 140 Å². The molecule has 0 aromatic heterocycles. The molecule has 0 fully saturated rings. The molecule has 1 amide bonds. The van der Waals surface area contributed by atoms with Crippen LogP contribution in [0, 0.1) is 0 Å². The first-order valence-electron chi connectivity index (χ1n) is 21.1. The summed E-state index contributed by atoms with van der Waals surface area (Å²) in [7, 11) is -1.74. The third kappa shape index (κ3) is 26.5. The predicted molar refractivity (Wildman–Crippen MR) is 227 cm³/mol. The number of nitrogens with one attached hydrogen (secondary N) is 1. The van der Waals surface area contributed by atoms with Crippen LogP contribution in [-0.2, 0) is 66.2 Å². The van der Waals surface area contributed by atoms with Gasteiger partial charge in [-0.25, -0.2) is 0 Å². The van der Waals surface area contributed by atoms with E-state index in [9.17, 15) is 19.2 Å². The van der Waals surface area contributed by atoms with Crippen molar-refractivity contribution in [3.63, 3.8) is 0 Å². The van der Waals surface area contributed by atoms with Gasteiger partial charge in [-0.2, -0.15) is 0 Å². The zero-order chi connectivity index (χ0) is 44.9. The Hall–Kier alpha value is -2.44. The lowest BCUT2D eigenvalue weighted by atomic mass is 9.91. The van der Waals surface area contributed by atoms with E-state index in [1.807, 2.05) is 0 Å². The molecule has 0 aromatic rings. The van der Waals surface area contributed by atoms with Crippen LogP contribution < -0.4 is 5.32 Å². The van der Waals surface area contributed by atoms with Gasteiger partial charge in [0.25, 0.3) is 0 Å². The van der Waals surface area contributed by atoms with Crippen molar-refractivity contribution in [2.24, 2.45) is 0 Å². The highest BCUT2D eigenvalue weighted by molar-refractivity contribution is 6.74. The summed E-state index contributed by atoms with van der Waals surface area (Å²) >= 11 is 0. The lowest BCUT2D eigenvalue weighted by Crippen LogP contribution is -2.47. The number of hydrogen-bond acceptors (Lipinski definition) is 14. The fourth-order valence-corrected chi connectivity index (χ4v) is 6.29. The van der Waals surface area contributed by atoms with Gasteiger partial charge in [0.05, 0.1) is 78.2 Å². The molecule has 1 aliphatic carbocycles. The molecule has 0 heterocycles. The lowest BCUT2D eigenvalue weighted by molar-refractivity contribution is -0.166. The molecule has 1 N–H and O–H groups in total. The zero-order valence-electron chi connectivity index (χ0n) is 38.8. The van der Waals surface area contributed by atoms with Crippen LogP contribution in [0.2, 0.25) is 18.1 Å². The maximum atomic E-state index is 13.5. The Balaban J connectivity index is 2.80. The quantitative estimate of drug-likeness (QED) is 0.0425. The van der Waals surface area contributed by atoms with Gasteiger partial charge in [0.1, 0.15) is 29.0 Å². The summed E-state index contributed by atoms with van der Waals surface area (Å²) in [4.78, 5) is 50.9. The SMILES string of the molecule is CC(C)(C)OC(=O)CCO[C@@H]1[C@H](OCCC(=O)OC(C)(C)C)C=C(C(=O)NCCOCCOCCOCCCO[Si](C)(C)C(C)(C)C)C[C@H]1OCCC(=O)OC(C)(C)C. The zero-order valence-corrected chi connectivity index (χ0v) is 39.8. The van der Waals surface area contributed by atoms with E-state index in [-0.39, 0.29) is 69.6 Å². The Morgan fingerprint density at radius 3 is 1.51 bits per heavy atom. The topological polar surface area (TPSA) is 173 Å². The molecule has 1 rings (SSSR count). The van der Waals surface area contributed by atoms with Gasteiger partial charge in [0, 0.05) is 31.8 Å². The minimum absolute atomic E-state index is 0.0144. The van der Waals surface area contributed by atoms with Crippen LogP contribution in [0.25, 0.3) is 0 Å². The predicted octanol–water partition coefficient (Wildman–Crippen LogP) is 6.25. The van der Waals surface area contributed by atoms with E-state index in [0.717, 1.165) is 6.42 Å². The summed E-state index contributed by atoms with van der Waals surface area (Å²) in [6, 6.07) is 0. The van der Waals surface area contributed by atoms with Crippen LogP contribution in [0.5, 0.6) is 0 Å². The number of hydrogen-bond donors (Lipinski definition) is 1. The Kier molecular flexibility index (Phi) is 24.2. The Bertz CT molecular complexity index is 1290. The molecule has 15 nitrogen and oxygen atoms in total. The second kappa shape index (κ2) is 26.1. The van der Waals surface area contributed by atoms with Crippen molar-refractivity contribution in [3.05, 3.63) is 11.6 Å². The van der Waals surface area contributed by atoms with Crippen molar-refractivity contribution in [1.82, 2.24) is 5.32 Å². The molecular weight excluding hydrogens is 783 g/mol. The first-order chi connectivity index (χ1) is 27.2. The standard InChI is InChI=1S/C43H79NO14Si/c1-40(2,3)56-35(45)16-22-52-33-30-32(39(48)44-19-25-50-27-29-51-28-26-49-20-15-21-55-59(13,14)43(10,11)12)31-34(53-23-17-36(46)57-41(4,5)6)38(33)54-24-18-37(47)58-42(7,8)9/h30,33-34,38H,15-29,31H2,1-14H3,(H,44,48)/t33-,34-,38-/m1/s1. The average Bonchev–Trinajstić information content (AvgIpc) is 3.06. The maximum Gasteiger partial charge on any atom is 0.308 e. The summed E-state index contributed by atoms with van der Waals surface area (Å²) in [6.07, 6.45) is 0.123. The molecule has 0 aromatic carbocycles. The molecular formula is C43H79NO14Si. The third-order valence-electron chi connectivity index (χ3n) is 8.88. The summed E-state index contributed by atoms with van der Waals surface area (Å²) in [5, 5.41) is 3.07. The first kappa shape index (κ1) is 54.6. The second-order valence-electron chi connectivity index (χ2n) is 19.0. The van der Waals surface area contributed by atoms with E-state index >= 15 is 0 Å². The summed E-state index contributed by atoms with van der Waals surface area (Å²) in [5.74, 6) is -1.68. The molecule has 0 saturated carbocycles. The van der Waals surface area contributed by atoms with E-state index in [2.05, 4.69) is 39.2 Å². The largest absolute Gasteiger partial charge is 0.460 e. The maximum absolute atomic E-state index is 13.5. The van der Waals surface area contributed by atoms with Gasteiger partial charge in [-0.05, 0) is 92.9 Å². The van der Waals surface area contributed by atoms with Crippen molar-refractivity contribution >= 4 is 32.1 Å². The van der Waals surface area contributed by atoms with E-state index in [0.29, 0.717) is 45.2 Å². The van der Waals surface area contributed by atoms with E-state index in [1.54, 1.807) is 68.4 Å². The molecule has 0 aliphatic heterocycles. The number of carbonyl (C=O) groups excluding carboxylic acids is 4. The van der Waals surface area contributed by atoms with Gasteiger partial charge < -0.3 is 52.4 Å². The molecule has 0 unspecified atom stereocenters. The molecule has 3 atom stereocenters. The molecule has 0 bridgehead atoms. The summed E-state index contributed by atoms with van der Waals surface area (Å²) in [6.45, 7) is 30.6. The monoisotopic (exact) mass is 862 g/mol. The first-order valence-corrected chi connectivity index (χ1v) is 24.0. The molecule has 0 spiro atoms. The van der Waals surface area contributed by atoms with Crippen molar-refractivity contribution in [2.75, 3.05) is 72.6 Å². The van der Waals surface area contributed by atoms with Gasteiger partial charge in [-0.15, -0.1) is 0 Å². The van der Waals surface area contributed by atoms with Gasteiger partial charge in [-0.3, -0.25) is 19.2 Å². The van der Waals surface area contributed by atoms with Crippen molar-refractivity contribution in [3.8, 4) is 0 Å². The van der Waals surface area contributed by atoms with E-state index in [4.69, 9.17) is 47.1 Å². The van der Waals surface area contributed by atoms with Crippen LogP contribution in [0.15, 0.2) is 11.6 Å². The van der Waals surface area contributed by atoms with Crippen LogP contribution in [0.4, 0.5) is 0 Å². The van der Waals surface area contributed by atoms with Gasteiger partial charge in [0.15, 0.2) is 8.32 Å². The highest BCUT2D eigenvalue weighted by atomic mass is 28.4. The normalized spacial score (nSPS) is 17.9. The number of rotatable bonds is 27. The number of amides is 1. The van der Waals surface area contributed by atoms with Crippen LogP contribution >= 0.6 is 0 Å². The minimum atomic E-state index is -1.74. The van der Waals surface area contributed by atoms with Crippen LogP contribution in [0.1, 0.15) is 115 Å². The van der Waals surface area contributed by atoms with E-state index in [1.165, 1.54) is 0 Å². The Labute approximate surface area is 355 Å². The highest BCUT2D eigenvalue weighted by Gasteiger charge is 2.39. The number of esters is 3. The summed E-state index contributed by atoms with van der Waals surface area (Å²) < 4.78 is 57.9. The van der Waals surface area contributed by atoms with Crippen molar-refractivity contribution in [2.45, 2.75) is 168 Å². The van der Waals surface area contributed by atoms with Gasteiger partial charge in [0.2, 0.25) is 5.91 Å². The van der Waals surface area contributed by atoms with E-state index < -0.39 is 61.3 Å². The minimum Gasteiger partial charge on any atom is -0.460 e. The van der Waals surface area contributed by atoms with Crippen LogP contribution in [0.3, 0.4) is 0 Å². The molecule has 344 valence electrons. The Morgan fingerprint density at radius 2 is 1.03 bits per heavy atom. The fourth-order valence-electron chi connectivity index (χ4n) is 5.20. The third-order valence-corrected chi connectivity index (χ3v) is 13.4. The summed E-state index contributed by atoms with van der Waals surface area (Å²) in [5.41, 5.74) is -1.62. The smallest absolute Gasteiger partial charge is 0.308 e. The molecule has 59 heavy (non-hydrogen) atoms. The molecule has 1 aliphatic rings. The number of ether oxygens (including phenoxy) is 9. The van der Waals surface area contributed by atoms with Crippen molar-refractivity contribution < 1.29 is 66.2 Å². The van der Waals surface area contributed by atoms with Gasteiger partial charge in [-0.1, -0.05) is 20.8 Å². The highest BCUT2D eigenvalue weighted by Crippen LogP contribution is 2.36. The molecule has 0 saturated heterocycles. The lowest BCUT2D eigenvalue weighted by Gasteiger charge is -2.36. The Morgan fingerprint density at radius 1 is 0.593 bits per heavy atom. The number of carbonyl (C=O) groups is 4. The fraction of sp³-hybridized carbons (Fsp3) is 0.860. The second-order valence-corrected chi connectivity index (χ2v) is 23.9. The molecule has 16 heteroatoms. The van der Waals surface area contributed by atoms with Crippen molar-refractivity contribution in [1.29, 1.82) is 0 Å². The van der Waals surface area contributed by atoms with Gasteiger partial charge >= 0.3 is 17.9 Å². The average molecular weight is 862 g/mol. The molecule has 0 radical (unpaired) electrons.